The zero-order valence-electron chi connectivity index (χ0n) is 21.7. The van der Waals surface area contributed by atoms with E-state index in [1.54, 1.807) is 13.2 Å². The third-order valence-corrected chi connectivity index (χ3v) is 6.80. The number of hydrogen-bond acceptors (Lipinski definition) is 7. The van der Waals surface area contributed by atoms with Gasteiger partial charge in [-0.3, -0.25) is 9.59 Å². The second kappa shape index (κ2) is 12.5. The zero-order valence-corrected chi connectivity index (χ0v) is 22.5. The van der Waals surface area contributed by atoms with Crippen LogP contribution in [0, 0.1) is 5.92 Å². The number of ether oxygens (including phenoxy) is 5. The van der Waals surface area contributed by atoms with Gasteiger partial charge in [0, 0.05) is 19.8 Å². The van der Waals surface area contributed by atoms with Gasteiger partial charge in [-0.2, -0.15) is 0 Å². The average molecular weight is 519 g/mol. The highest BCUT2D eigenvalue weighted by atomic mass is 35.5. The molecule has 0 unspecified atom stereocenters. The summed E-state index contributed by atoms with van der Waals surface area (Å²) in [7, 11) is 1.55. The Kier molecular flexibility index (Phi) is 9.63. The smallest absolute Gasteiger partial charge is 0.303 e. The van der Waals surface area contributed by atoms with E-state index < -0.39 is 30.3 Å². The van der Waals surface area contributed by atoms with E-state index in [0.717, 1.165) is 22.4 Å². The zero-order chi connectivity index (χ0) is 26.4. The molecule has 0 bridgehead atoms. The highest BCUT2D eigenvalue weighted by Crippen LogP contribution is 2.42. The molecular formula is C28H35ClO7. The van der Waals surface area contributed by atoms with Gasteiger partial charge in [0.05, 0.1) is 24.8 Å². The van der Waals surface area contributed by atoms with Gasteiger partial charge in [0.1, 0.15) is 23.7 Å². The predicted octanol–water partition coefficient (Wildman–Crippen LogP) is 5.69. The van der Waals surface area contributed by atoms with E-state index in [9.17, 15) is 9.59 Å². The Balaban J connectivity index is 2.04. The molecule has 3 rings (SSSR count). The molecule has 8 heteroatoms. The van der Waals surface area contributed by atoms with Crippen molar-refractivity contribution in [2.24, 2.45) is 5.92 Å². The minimum Gasteiger partial charge on any atom is -0.495 e. The van der Waals surface area contributed by atoms with Crippen molar-refractivity contribution in [1.82, 2.24) is 0 Å². The van der Waals surface area contributed by atoms with Gasteiger partial charge in [0.15, 0.2) is 6.10 Å². The van der Waals surface area contributed by atoms with Gasteiger partial charge < -0.3 is 23.7 Å². The molecule has 0 saturated carbocycles. The number of rotatable bonds is 9. The van der Waals surface area contributed by atoms with Crippen LogP contribution in [0.5, 0.6) is 11.5 Å². The molecule has 1 aliphatic rings. The van der Waals surface area contributed by atoms with Crippen molar-refractivity contribution in [2.75, 3.05) is 13.7 Å². The number of hydrogen-bond donors (Lipinski definition) is 0. The molecule has 1 aliphatic heterocycles. The van der Waals surface area contributed by atoms with E-state index >= 15 is 0 Å². The van der Waals surface area contributed by atoms with Crippen LogP contribution in [-0.2, 0) is 30.2 Å². The molecule has 0 N–H and O–H groups in total. The number of carbonyl (C=O) groups excluding carboxylic acids is 2. The lowest BCUT2D eigenvalue weighted by atomic mass is 9.84. The highest BCUT2D eigenvalue weighted by Gasteiger charge is 2.48. The average Bonchev–Trinajstić information content (AvgIpc) is 2.84. The van der Waals surface area contributed by atoms with Crippen LogP contribution in [0.4, 0.5) is 0 Å². The Bertz CT molecular complexity index is 1050. The fraction of sp³-hybridized carbons (Fsp3) is 0.500. The van der Waals surface area contributed by atoms with E-state index in [0.29, 0.717) is 30.2 Å². The predicted molar refractivity (Wildman–Crippen MR) is 137 cm³/mol. The first-order chi connectivity index (χ1) is 17.2. The topological polar surface area (TPSA) is 80.3 Å². The van der Waals surface area contributed by atoms with Gasteiger partial charge >= 0.3 is 11.9 Å². The Hall–Kier alpha value is -2.77. The van der Waals surface area contributed by atoms with Crippen LogP contribution in [0.25, 0.3) is 0 Å². The number of methoxy groups -OCH3 is 1. The summed E-state index contributed by atoms with van der Waals surface area (Å²) in [5.74, 6) is 0.190. The largest absolute Gasteiger partial charge is 0.495 e. The molecule has 1 heterocycles. The molecule has 196 valence electrons. The van der Waals surface area contributed by atoms with Crippen LogP contribution in [-0.4, -0.2) is 44.0 Å². The minimum atomic E-state index is -0.826. The molecule has 5 atom stereocenters. The number of esters is 2. The minimum absolute atomic E-state index is 0.169. The van der Waals surface area contributed by atoms with Crippen molar-refractivity contribution in [3.05, 3.63) is 58.1 Å². The SMILES string of the molecule is CCOc1ccc(Cc2cc([C@@H]3O[C@H](CC)[C@@H](C)[C@H](OC(C)=O)[C@H]3OC(C)=O)cc(OC)c2Cl)cc1. The molecule has 0 amide bonds. The standard InChI is InChI=1S/C28H35ClO7/c1-7-23-16(3)26(34-17(4)30)28(35-18(5)31)27(36-23)21-14-20(25(29)24(15-21)32-6)13-19-9-11-22(12-10-19)33-8-2/h9-12,14-16,23,26-28H,7-8,13H2,1-6H3/t16-,23-,26+,27+,28-/m1/s1. The number of carbonyl (C=O) groups is 2. The lowest BCUT2D eigenvalue weighted by Gasteiger charge is -2.44. The third kappa shape index (κ3) is 6.51. The van der Waals surface area contributed by atoms with Gasteiger partial charge in [0.25, 0.3) is 0 Å². The Morgan fingerprint density at radius 1 is 1.00 bits per heavy atom. The summed E-state index contributed by atoms with van der Waals surface area (Å²) < 4.78 is 29.0. The summed E-state index contributed by atoms with van der Waals surface area (Å²) in [5.41, 5.74) is 2.60. The Morgan fingerprint density at radius 3 is 2.19 bits per heavy atom. The molecule has 1 fully saturated rings. The maximum absolute atomic E-state index is 12.1. The summed E-state index contributed by atoms with van der Waals surface area (Å²) in [4.78, 5) is 24.0. The first-order valence-corrected chi connectivity index (χ1v) is 12.6. The maximum Gasteiger partial charge on any atom is 0.303 e. The molecule has 7 nitrogen and oxygen atoms in total. The summed E-state index contributed by atoms with van der Waals surface area (Å²) in [6, 6.07) is 11.6. The van der Waals surface area contributed by atoms with Crippen LogP contribution in [0.1, 0.15) is 63.8 Å². The summed E-state index contributed by atoms with van der Waals surface area (Å²) in [5, 5.41) is 0.493. The van der Waals surface area contributed by atoms with Crippen molar-refractivity contribution in [3.8, 4) is 11.5 Å². The number of halogens is 1. The van der Waals surface area contributed by atoms with Crippen molar-refractivity contribution in [1.29, 1.82) is 0 Å². The van der Waals surface area contributed by atoms with Gasteiger partial charge in [-0.05, 0) is 54.7 Å². The van der Waals surface area contributed by atoms with Crippen LogP contribution < -0.4 is 9.47 Å². The molecule has 0 aromatic heterocycles. The molecule has 0 spiro atoms. The first kappa shape index (κ1) is 27.8. The van der Waals surface area contributed by atoms with Crippen LogP contribution >= 0.6 is 11.6 Å². The fourth-order valence-electron chi connectivity index (χ4n) is 4.71. The van der Waals surface area contributed by atoms with Crippen molar-refractivity contribution >= 4 is 23.5 Å². The van der Waals surface area contributed by atoms with Crippen molar-refractivity contribution in [3.63, 3.8) is 0 Å². The molecular weight excluding hydrogens is 484 g/mol. The molecule has 36 heavy (non-hydrogen) atoms. The van der Waals surface area contributed by atoms with Gasteiger partial charge in [0.2, 0.25) is 0 Å². The van der Waals surface area contributed by atoms with E-state index in [2.05, 4.69) is 0 Å². The van der Waals surface area contributed by atoms with Crippen LogP contribution in [0.2, 0.25) is 5.02 Å². The monoisotopic (exact) mass is 518 g/mol. The fourth-order valence-corrected chi connectivity index (χ4v) is 4.96. The lowest BCUT2D eigenvalue weighted by Crippen LogP contribution is -2.52. The summed E-state index contributed by atoms with van der Waals surface area (Å²) in [6.07, 6.45) is -1.13. The van der Waals surface area contributed by atoms with Gasteiger partial charge in [-0.25, -0.2) is 0 Å². The maximum atomic E-state index is 12.1. The second-order valence-corrected chi connectivity index (χ2v) is 9.34. The van der Waals surface area contributed by atoms with Crippen molar-refractivity contribution < 1.29 is 33.3 Å². The van der Waals surface area contributed by atoms with E-state index in [1.807, 2.05) is 51.1 Å². The third-order valence-electron chi connectivity index (χ3n) is 6.37. The molecule has 2 aromatic rings. The summed E-state index contributed by atoms with van der Waals surface area (Å²) >= 11 is 6.70. The van der Waals surface area contributed by atoms with Crippen LogP contribution in [0.3, 0.4) is 0 Å². The van der Waals surface area contributed by atoms with Crippen LogP contribution in [0.15, 0.2) is 36.4 Å². The molecule has 0 aliphatic carbocycles. The van der Waals surface area contributed by atoms with E-state index in [1.165, 1.54) is 13.8 Å². The second-order valence-electron chi connectivity index (χ2n) is 8.96. The summed E-state index contributed by atoms with van der Waals surface area (Å²) in [6.45, 7) is 9.17. The first-order valence-electron chi connectivity index (χ1n) is 12.3. The normalized spacial score (nSPS) is 23.6. The van der Waals surface area contributed by atoms with E-state index in [4.69, 9.17) is 35.3 Å². The quantitative estimate of drug-likeness (QED) is 0.394. The van der Waals surface area contributed by atoms with E-state index in [-0.39, 0.29) is 12.0 Å². The molecule has 1 saturated heterocycles. The molecule has 0 radical (unpaired) electrons. The molecule has 2 aromatic carbocycles. The highest BCUT2D eigenvalue weighted by molar-refractivity contribution is 6.32. The van der Waals surface area contributed by atoms with Gasteiger partial charge in [-0.15, -0.1) is 0 Å². The Morgan fingerprint density at radius 2 is 1.64 bits per heavy atom. The van der Waals surface area contributed by atoms with Gasteiger partial charge in [-0.1, -0.05) is 43.6 Å². The van der Waals surface area contributed by atoms with Crippen molar-refractivity contribution in [2.45, 2.75) is 71.9 Å². The lowest BCUT2D eigenvalue weighted by molar-refractivity contribution is -0.225. The Labute approximate surface area is 218 Å². The number of benzene rings is 2.